The Kier molecular flexibility index (Phi) is 8.36. The molecule has 4 rings (SSSR count). The molecule has 0 spiro atoms. The molecule has 0 aliphatic carbocycles. The number of rotatable bonds is 9. The van der Waals surface area contributed by atoms with Gasteiger partial charge in [-0.25, -0.2) is 9.48 Å². The lowest BCUT2D eigenvalue weighted by molar-refractivity contribution is 0.0696. The minimum absolute atomic E-state index is 0.156. The molecule has 0 aliphatic heterocycles. The lowest BCUT2D eigenvalue weighted by Crippen LogP contribution is -2.21. The average molecular weight is 573 g/mol. The van der Waals surface area contributed by atoms with Crippen molar-refractivity contribution in [2.45, 2.75) is 52.1 Å². The molecule has 0 saturated carbocycles. The number of carboxylic acid groups (broad SMARTS) is 1. The summed E-state index contributed by atoms with van der Waals surface area (Å²) in [4.78, 5) is 15.5. The molecule has 38 heavy (non-hydrogen) atoms. The lowest BCUT2D eigenvalue weighted by Gasteiger charge is -2.26. The Labute approximate surface area is 237 Å². The highest BCUT2D eigenvalue weighted by atomic mass is 35.5. The molecule has 2 heterocycles. The van der Waals surface area contributed by atoms with Crippen molar-refractivity contribution in [1.29, 1.82) is 0 Å². The van der Waals surface area contributed by atoms with E-state index in [9.17, 15) is 9.90 Å². The van der Waals surface area contributed by atoms with Crippen LogP contribution >= 0.6 is 34.8 Å². The number of hydrogen-bond acceptors (Lipinski definition) is 4. The number of aromatic carboxylic acids is 1. The number of pyridine rings is 1. The molecule has 0 aliphatic rings. The predicted molar refractivity (Wildman–Crippen MR) is 151 cm³/mol. The fourth-order valence-corrected chi connectivity index (χ4v) is 5.11. The van der Waals surface area contributed by atoms with Crippen molar-refractivity contribution in [3.05, 3.63) is 104 Å². The van der Waals surface area contributed by atoms with Crippen LogP contribution in [0.5, 0.6) is 5.75 Å². The summed E-state index contributed by atoms with van der Waals surface area (Å²) in [6.45, 7) is 8.49. The SMILES string of the molecule is CC(C)c1cnn(-c2c(Cl)cccc2Cl)c1COc1ccc(CC(C)(C)c2cncc(C(=O)O)c2)c(Cl)c1. The molecule has 9 heteroatoms. The normalized spacial score (nSPS) is 11.7. The molecule has 4 aromatic rings. The molecule has 0 bridgehead atoms. The van der Waals surface area contributed by atoms with Gasteiger partial charge in [0.25, 0.3) is 0 Å². The summed E-state index contributed by atoms with van der Waals surface area (Å²) in [7, 11) is 0. The molecule has 2 aromatic carbocycles. The summed E-state index contributed by atoms with van der Waals surface area (Å²) in [5.41, 5.74) is 3.99. The average Bonchev–Trinajstić information content (AvgIpc) is 3.28. The van der Waals surface area contributed by atoms with E-state index in [-0.39, 0.29) is 18.1 Å². The van der Waals surface area contributed by atoms with E-state index in [1.165, 1.54) is 6.20 Å². The van der Waals surface area contributed by atoms with Crippen LogP contribution in [0.1, 0.15) is 66.4 Å². The van der Waals surface area contributed by atoms with Crippen LogP contribution in [-0.4, -0.2) is 25.8 Å². The third-order valence-corrected chi connectivity index (χ3v) is 7.43. The van der Waals surface area contributed by atoms with Crippen LogP contribution in [0.25, 0.3) is 5.69 Å². The van der Waals surface area contributed by atoms with E-state index >= 15 is 0 Å². The summed E-state index contributed by atoms with van der Waals surface area (Å²) in [6.07, 6.45) is 5.44. The number of halogens is 3. The van der Waals surface area contributed by atoms with Crippen molar-refractivity contribution < 1.29 is 14.6 Å². The Morgan fingerprint density at radius 1 is 1.03 bits per heavy atom. The lowest BCUT2D eigenvalue weighted by atomic mass is 9.79. The van der Waals surface area contributed by atoms with Gasteiger partial charge in [-0.2, -0.15) is 5.10 Å². The van der Waals surface area contributed by atoms with Crippen molar-refractivity contribution in [3.8, 4) is 11.4 Å². The summed E-state index contributed by atoms with van der Waals surface area (Å²) in [6, 6.07) is 12.6. The van der Waals surface area contributed by atoms with Crippen LogP contribution in [0.2, 0.25) is 15.1 Å². The van der Waals surface area contributed by atoms with E-state index in [0.717, 1.165) is 22.4 Å². The molecule has 0 fully saturated rings. The summed E-state index contributed by atoms with van der Waals surface area (Å²) in [5, 5.41) is 15.4. The quantitative estimate of drug-likeness (QED) is 0.219. The van der Waals surface area contributed by atoms with Gasteiger partial charge in [-0.1, -0.05) is 74.6 Å². The minimum atomic E-state index is -1.01. The Hall–Kier alpha value is -3.06. The van der Waals surface area contributed by atoms with E-state index in [1.54, 1.807) is 41.2 Å². The number of carbonyl (C=O) groups is 1. The molecule has 0 amide bonds. The standard InChI is InChI=1S/C29H28Cl3N3O3/c1-17(2)22-15-34-35(27-23(30)6-5-7-24(27)31)26(22)16-38-21-9-8-18(25(32)11-21)12-29(3,4)20-10-19(28(36)37)13-33-14-20/h5-11,13-15,17H,12,16H2,1-4H3,(H,36,37). The highest BCUT2D eigenvalue weighted by molar-refractivity contribution is 6.37. The van der Waals surface area contributed by atoms with Gasteiger partial charge in [-0.3, -0.25) is 4.98 Å². The largest absolute Gasteiger partial charge is 0.487 e. The second-order valence-electron chi connectivity index (χ2n) is 10.1. The third-order valence-electron chi connectivity index (χ3n) is 6.47. The molecule has 0 radical (unpaired) electrons. The van der Waals surface area contributed by atoms with E-state index in [2.05, 4.69) is 23.9 Å². The van der Waals surface area contributed by atoms with E-state index in [0.29, 0.717) is 32.9 Å². The first-order valence-electron chi connectivity index (χ1n) is 12.1. The number of ether oxygens (including phenoxy) is 1. The Morgan fingerprint density at radius 3 is 2.37 bits per heavy atom. The van der Waals surface area contributed by atoms with Gasteiger partial charge in [0.2, 0.25) is 0 Å². The van der Waals surface area contributed by atoms with E-state index in [4.69, 9.17) is 39.5 Å². The van der Waals surface area contributed by atoms with E-state index in [1.807, 2.05) is 32.2 Å². The fourth-order valence-electron chi connectivity index (χ4n) is 4.32. The maximum Gasteiger partial charge on any atom is 0.337 e. The number of benzene rings is 2. The topological polar surface area (TPSA) is 77.2 Å². The molecule has 198 valence electrons. The van der Waals surface area contributed by atoms with Crippen LogP contribution in [0.4, 0.5) is 0 Å². The first-order valence-corrected chi connectivity index (χ1v) is 13.2. The first kappa shape index (κ1) is 28.0. The minimum Gasteiger partial charge on any atom is -0.487 e. The Balaban J connectivity index is 1.56. The molecule has 0 saturated heterocycles. The summed E-state index contributed by atoms with van der Waals surface area (Å²) < 4.78 is 7.90. The van der Waals surface area contributed by atoms with Crippen LogP contribution in [-0.2, 0) is 18.4 Å². The molecule has 2 aromatic heterocycles. The van der Waals surface area contributed by atoms with Crippen molar-refractivity contribution in [2.24, 2.45) is 0 Å². The summed E-state index contributed by atoms with van der Waals surface area (Å²) >= 11 is 19.6. The number of nitrogens with zero attached hydrogens (tertiary/aromatic N) is 3. The third kappa shape index (κ3) is 5.98. The van der Waals surface area contributed by atoms with Crippen molar-refractivity contribution in [1.82, 2.24) is 14.8 Å². The maximum atomic E-state index is 11.4. The molecular formula is C29H28Cl3N3O3. The predicted octanol–water partition coefficient (Wildman–Crippen LogP) is 8.15. The number of carboxylic acids is 1. The van der Waals surface area contributed by atoms with Gasteiger partial charge in [0.05, 0.1) is 27.5 Å². The van der Waals surface area contributed by atoms with Gasteiger partial charge in [-0.15, -0.1) is 0 Å². The van der Waals surface area contributed by atoms with E-state index < -0.39 is 11.4 Å². The first-order chi connectivity index (χ1) is 18.0. The van der Waals surface area contributed by atoms with Crippen molar-refractivity contribution >= 4 is 40.8 Å². The zero-order valence-electron chi connectivity index (χ0n) is 21.5. The van der Waals surface area contributed by atoms with Gasteiger partial charge >= 0.3 is 5.97 Å². The molecule has 6 nitrogen and oxygen atoms in total. The van der Waals surface area contributed by atoms with Crippen molar-refractivity contribution in [3.63, 3.8) is 0 Å². The smallest absolute Gasteiger partial charge is 0.337 e. The Morgan fingerprint density at radius 2 is 1.74 bits per heavy atom. The highest BCUT2D eigenvalue weighted by Crippen LogP contribution is 2.34. The Bertz CT molecular complexity index is 1460. The second kappa shape index (κ2) is 11.4. The second-order valence-corrected chi connectivity index (χ2v) is 11.3. The van der Waals surface area contributed by atoms with Crippen molar-refractivity contribution in [2.75, 3.05) is 0 Å². The maximum absolute atomic E-state index is 11.4. The van der Waals surface area contributed by atoms with Gasteiger partial charge in [-0.05, 0) is 64.8 Å². The van der Waals surface area contributed by atoms with Crippen LogP contribution in [0.15, 0.2) is 61.1 Å². The zero-order valence-corrected chi connectivity index (χ0v) is 23.8. The monoisotopic (exact) mass is 571 g/mol. The molecule has 0 unspecified atom stereocenters. The van der Waals surface area contributed by atoms with Crippen LogP contribution in [0.3, 0.4) is 0 Å². The van der Waals surface area contributed by atoms with Gasteiger partial charge in [0.15, 0.2) is 0 Å². The van der Waals surface area contributed by atoms with Crippen LogP contribution < -0.4 is 4.74 Å². The molecule has 1 N–H and O–H groups in total. The number of aromatic nitrogens is 3. The fraction of sp³-hybridized carbons (Fsp3) is 0.276. The van der Waals surface area contributed by atoms with Crippen LogP contribution in [0, 0.1) is 0 Å². The number of hydrogen-bond donors (Lipinski definition) is 1. The van der Waals surface area contributed by atoms with Gasteiger partial charge in [0, 0.05) is 17.4 Å². The molecule has 0 atom stereocenters. The highest BCUT2D eigenvalue weighted by Gasteiger charge is 2.24. The molecular weight excluding hydrogens is 545 g/mol. The van der Waals surface area contributed by atoms with Gasteiger partial charge < -0.3 is 9.84 Å². The van der Waals surface area contributed by atoms with Gasteiger partial charge in [0.1, 0.15) is 18.0 Å². The number of para-hydroxylation sites is 1. The summed E-state index contributed by atoms with van der Waals surface area (Å²) in [5.74, 6) is -0.182. The zero-order chi connectivity index (χ0) is 27.6.